The zero-order valence-electron chi connectivity index (χ0n) is 7.61. The molecule has 0 spiro atoms. The van der Waals surface area contributed by atoms with E-state index in [-0.39, 0.29) is 18.4 Å². The second-order valence-electron chi connectivity index (χ2n) is 3.86. The van der Waals surface area contributed by atoms with Gasteiger partial charge in [0.1, 0.15) is 6.04 Å². The molecule has 2 fully saturated rings. The van der Waals surface area contributed by atoms with Gasteiger partial charge in [0, 0.05) is 0 Å². The topological polar surface area (TPSA) is 40.5 Å². The summed E-state index contributed by atoms with van der Waals surface area (Å²) in [5.41, 5.74) is 0. The van der Waals surface area contributed by atoms with Crippen LogP contribution in [0.3, 0.4) is 0 Å². The molecule has 0 aromatic heterocycles. The molecule has 0 aromatic carbocycles. The molecule has 1 atom stereocenters. The molecule has 1 heterocycles. The van der Waals surface area contributed by atoms with E-state index in [9.17, 15) is 4.79 Å². The summed E-state index contributed by atoms with van der Waals surface area (Å²) in [6, 6.07) is -0.160. The molecule has 3 nitrogen and oxygen atoms in total. The summed E-state index contributed by atoms with van der Waals surface area (Å²) in [5.74, 6) is -0.153. The van der Waals surface area contributed by atoms with Crippen molar-refractivity contribution in [3.05, 3.63) is 0 Å². The minimum atomic E-state index is -0.612. The Morgan fingerprint density at radius 2 is 1.85 bits per heavy atom. The highest BCUT2D eigenvalue weighted by Gasteiger charge is 2.40. The van der Waals surface area contributed by atoms with Crippen molar-refractivity contribution in [2.75, 3.05) is 13.1 Å². The van der Waals surface area contributed by atoms with E-state index in [1.165, 1.54) is 12.8 Å². The average molecular weight is 206 g/mol. The number of nitrogens with zero attached hydrogens (tertiary/aromatic N) is 1. The highest BCUT2D eigenvalue weighted by molar-refractivity contribution is 5.85. The maximum absolute atomic E-state index is 10.9. The summed E-state index contributed by atoms with van der Waals surface area (Å²) in [7, 11) is 0. The lowest BCUT2D eigenvalue weighted by Gasteiger charge is -2.22. The van der Waals surface area contributed by atoms with Gasteiger partial charge in [-0.15, -0.1) is 12.4 Å². The van der Waals surface area contributed by atoms with Gasteiger partial charge >= 0.3 is 5.97 Å². The van der Waals surface area contributed by atoms with Crippen molar-refractivity contribution in [2.24, 2.45) is 5.92 Å². The highest BCUT2D eigenvalue weighted by Crippen LogP contribution is 2.36. The van der Waals surface area contributed by atoms with Crippen LogP contribution < -0.4 is 0 Å². The molecular weight excluding hydrogens is 190 g/mol. The van der Waals surface area contributed by atoms with Gasteiger partial charge in [-0.25, -0.2) is 0 Å². The SMILES string of the molecule is Cl.O=C(O)C(C1CC1)N1CCCC1. The van der Waals surface area contributed by atoms with E-state index < -0.39 is 5.97 Å². The van der Waals surface area contributed by atoms with Crippen molar-refractivity contribution in [1.82, 2.24) is 4.90 Å². The van der Waals surface area contributed by atoms with E-state index >= 15 is 0 Å². The number of hydrogen-bond donors (Lipinski definition) is 1. The number of carboxylic acid groups (broad SMARTS) is 1. The quantitative estimate of drug-likeness (QED) is 0.757. The van der Waals surface area contributed by atoms with Crippen molar-refractivity contribution >= 4 is 18.4 Å². The number of hydrogen-bond acceptors (Lipinski definition) is 2. The summed E-state index contributed by atoms with van der Waals surface area (Å²) in [4.78, 5) is 13.1. The number of likely N-dealkylation sites (tertiary alicyclic amines) is 1. The Bertz CT molecular complexity index is 188. The number of aliphatic carboxylic acids is 1. The zero-order valence-corrected chi connectivity index (χ0v) is 8.42. The van der Waals surface area contributed by atoms with Gasteiger partial charge < -0.3 is 5.11 Å². The van der Waals surface area contributed by atoms with Crippen LogP contribution in [0.25, 0.3) is 0 Å². The fourth-order valence-corrected chi connectivity index (χ4v) is 2.09. The Balaban J connectivity index is 0.000000845. The van der Waals surface area contributed by atoms with Crippen LogP contribution in [0.5, 0.6) is 0 Å². The molecule has 1 saturated heterocycles. The highest BCUT2D eigenvalue weighted by atomic mass is 35.5. The largest absolute Gasteiger partial charge is 0.480 e. The van der Waals surface area contributed by atoms with Gasteiger partial charge in [0.15, 0.2) is 0 Å². The van der Waals surface area contributed by atoms with Crippen molar-refractivity contribution in [3.8, 4) is 0 Å². The standard InChI is InChI=1S/C9H15NO2.ClH/c11-9(12)8(7-3-4-7)10-5-1-2-6-10;/h7-8H,1-6H2,(H,11,12);1H. The molecule has 2 aliphatic rings. The van der Waals surface area contributed by atoms with Crippen LogP contribution in [0.2, 0.25) is 0 Å². The lowest BCUT2D eigenvalue weighted by atomic mass is 10.1. The summed E-state index contributed by atoms with van der Waals surface area (Å²) in [5, 5.41) is 9.00. The molecule has 1 N–H and O–H groups in total. The maximum atomic E-state index is 10.9. The molecule has 2 rings (SSSR count). The van der Waals surface area contributed by atoms with Gasteiger partial charge in [0.05, 0.1) is 0 Å². The first-order chi connectivity index (χ1) is 5.79. The zero-order chi connectivity index (χ0) is 8.55. The van der Waals surface area contributed by atoms with Crippen LogP contribution in [-0.2, 0) is 4.79 Å². The molecule has 76 valence electrons. The third-order valence-corrected chi connectivity index (χ3v) is 2.86. The Hall–Kier alpha value is -0.280. The fraction of sp³-hybridized carbons (Fsp3) is 0.889. The third kappa shape index (κ3) is 2.35. The molecule has 1 aliphatic carbocycles. The number of halogens is 1. The van der Waals surface area contributed by atoms with Crippen LogP contribution in [0.4, 0.5) is 0 Å². The van der Waals surface area contributed by atoms with E-state index in [1.807, 2.05) is 0 Å². The normalized spacial score (nSPS) is 25.2. The second-order valence-corrected chi connectivity index (χ2v) is 3.86. The lowest BCUT2D eigenvalue weighted by Crippen LogP contribution is -2.40. The molecule has 0 radical (unpaired) electrons. The summed E-state index contributed by atoms with van der Waals surface area (Å²) in [6.45, 7) is 1.99. The number of carboxylic acids is 1. The molecule has 0 aromatic rings. The van der Waals surface area contributed by atoms with Gasteiger partial charge in [-0.3, -0.25) is 9.69 Å². The Morgan fingerprint density at radius 3 is 2.23 bits per heavy atom. The Kier molecular flexibility index (Phi) is 3.56. The number of carbonyl (C=O) groups is 1. The second kappa shape index (κ2) is 4.29. The summed E-state index contributed by atoms with van der Waals surface area (Å²) in [6.07, 6.45) is 4.59. The molecule has 1 aliphatic heterocycles. The van der Waals surface area contributed by atoms with E-state index in [0.717, 1.165) is 25.9 Å². The smallest absolute Gasteiger partial charge is 0.321 e. The first-order valence-corrected chi connectivity index (χ1v) is 4.76. The summed E-state index contributed by atoms with van der Waals surface area (Å²) < 4.78 is 0. The van der Waals surface area contributed by atoms with Crippen molar-refractivity contribution in [2.45, 2.75) is 31.7 Å². The lowest BCUT2D eigenvalue weighted by molar-refractivity contribution is -0.143. The van der Waals surface area contributed by atoms with Crippen molar-refractivity contribution in [3.63, 3.8) is 0 Å². The summed E-state index contributed by atoms with van der Waals surface area (Å²) >= 11 is 0. The predicted octanol–water partition coefficient (Wildman–Crippen LogP) is 1.37. The first kappa shape index (κ1) is 10.8. The van der Waals surface area contributed by atoms with E-state index in [2.05, 4.69) is 4.90 Å². The van der Waals surface area contributed by atoms with Crippen molar-refractivity contribution < 1.29 is 9.90 Å². The molecule has 1 saturated carbocycles. The average Bonchev–Trinajstić information content (AvgIpc) is 2.65. The minimum Gasteiger partial charge on any atom is -0.480 e. The fourth-order valence-electron chi connectivity index (χ4n) is 2.09. The third-order valence-electron chi connectivity index (χ3n) is 2.86. The first-order valence-electron chi connectivity index (χ1n) is 4.76. The van der Waals surface area contributed by atoms with Gasteiger partial charge in [0.2, 0.25) is 0 Å². The molecule has 4 heteroatoms. The molecule has 13 heavy (non-hydrogen) atoms. The molecular formula is C9H16ClNO2. The van der Waals surface area contributed by atoms with E-state index in [1.54, 1.807) is 0 Å². The predicted molar refractivity (Wildman–Crippen MR) is 52.2 cm³/mol. The molecule has 1 unspecified atom stereocenters. The van der Waals surface area contributed by atoms with Gasteiger partial charge in [-0.05, 0) is 44.7 Å². The van der Waals surface area contributed by atoms with Crippen LogP contribution in [-0.4, -0.2) is 35.1 Å². The monoisotopic (exact) mass is 205 g/mol. The van der Waals surface area contributed by atoms with Crippen LogP contribution in [0, 0.1) is 5.92 Å². The Labute approximate surface area is 84.5 Å². The minimum absolute atomic E-state index is 0. The molecule has 0 bridgehead atoms. The van der Waals surface area contributed by atoms with E-state index in [0.29, 0.717) is 5.92 Å². The Morgan fingerprint density at radius 1 is 1.31 bits per heavy atom. The van der Waals surface area contributed by atoms with Gasteiger partial charge in [0.25, 0.3) is 0 Å². The van der Waals surface area contributed by atoms with Crippen LogP contribution >= 0.6 is 12.4 Å². The molecule has 0 amide bonds. The van der Waals surface area contributed by atoms with Crippen LogP contribution in [0.1, 0.15) is 25.7 Å². The maximum Gasteiger partial charge on any atom is 0.321 e. The van der Waals surface area contributed by atoms with Gasteiger partial charge in [-0.1, -0.05) is 0 Å². The number of rotatable bonds is 3. The van der Waals surface area contributed by atoms with E-state index in [4.69, 9.17) is 5.11 Å². The van der Waals surface area contributed by atoms with Gasteiger partial charge in [-0.2, -0.15) is 0 Å². The van der Waals surface area contributed by atoms with Crippen LogP contribution in [0.15, 0.2) is 0 Å². The van der Waals surface area contributed by atoms with Crippen molar-refractivity contribution in [1.29, 1.82) is 0 Å².